The van der Waals surface area contributed by atoms with Crippen LogP contribution in [0.5, 0.6) is 0 Å². The molecular weight excluding hydrogens is 198 g/mol. The second kappa shape index (κ2) is 5.70. The topological polar surface area (TPSA) is 66.8 Å². The van der Waals surface area contributed by atoms with Crippen molar-refractivity contribution in [3.05, 3.63) is 0 Å². The van der Waals surface area contributed by atoms with E-state index in [2.05, 4.69) is 0 Å². The summed E-state index contributed by atoms with van der Waals surface area (Å²) >= 11 is 0. The minimum Gasteiger partial charge on any atom is -0.480 e. The fourth-order valence-electron chi connectivity index (χ4n) is 1.76. The molecule has 1 fully saturated rings. The van der Waals surface area contributed by atoms with Crippen molar-refractivity contribution in [2.24, 2.45) is 0 Å². The fraction of sp³-hybridized carbons (Fsp3) is 0.800. The number of piperidine rings is 1. The molecule has 1 N–H and O–H groups in total. The summed E-state index contributed by atoms with van der Waals surface area (Å²) in [7, 11) is 0. The predicted molar refractivity (Wildman–Crippen MR) is 53.5 cm³/mol. The van der Waals surface area contributed by atoms with Crippen LogP contribution in [-0.4, -0.2) is 47.7 Å². The van der Waals surface area contributed by atoms with Gasteiger partial charge in [0.05, 0.1) is 0 Å². The lowest BCUT2D eigenvalue weighted by molar-refractivity contribution is -0.154. The molecule has 0 saturated carbocycles. The summed E-state index contributed by atoms with van der Waals surface area (Å²) in [5, 5.41) is 8.95. The molecule has 1 rings (SSSR count). The lowest BCUT2D eigenvalue weighted by atomic mass is 10.0. The van der Waals surface area contributed by atoms with Crippen LogP contribution in [0.3, 0.4) is 0 Å². The van der Waals surface area contributed by atoms with E-state index in [4.69, 9.17) is 9.84 Å². The summed E-state index contributed by atoms with van der Waals surface area (Å²) in [6, 6.07) is -0.660. The highest BCUT2D eigenvalue weighted by molar-refractivity contribution is 5.84. The molecular formula is C10H17NO4. The first-order chi connectivity index (χ1) is 7.16. The number of carbonyl (C=O) groups is 2. The molecule has 1 saturated heterocycles. The third-order valence-corrected chi connectivity index (χ3v) is 2.54. The second-order valence-electron chi connectivity index (χ2n) is 3.57. The number of carboxylic acid groups (broad SMARTS) is 1. The maximum absolute atomic E-state index is 11.6. The van der Waals surface area contributed by atoms with E-state index in [1.165, 1.54) is 4.90 Å². The van der Waals surface area contributed by atoms with Crippen molar-refractivity contribution in [2.75, 3.05) is 19.8 Å². The number of rotatable bonds is 4. The maximum atomic E-state index is 11.6. The van der Waals surface area contributed by atoms with Crippen molar-refractivity contribution in [2.45, 2.75) is 32.2 Å². The summed E-state index contributed by atoms with van der Waals surface area (Å²) in [5.74, 6) is -1.14. The first-order valence-corrected chi connectivity index (χ1v) is 5.26. The van der Waals surface area contributed by atoms with Crippen LogP contribution < -0.4 is 0 Å². The Morgan fingerprint density at radius 2 is 2.20 bits per heavy atom. The standard InChI is InChI=1S/C10H17NO4/c1-2-15-7-9(12)11-6-4-3-5-8(11)10(13)14/h8H,2-7H2,1H3,(H,13,14)/t8-/m0/s1. The molecule has 86 valence electrons. The Balaban J connectivity index is 2.55. The van der Waals surface area contributed by atoms with Crippen molar-refractivity contribution in [3.8, 4) is 0 Å². The Kier molecular flexibility index (Phi) is 4.55. The zero-order chi connectivity index (χ0) is 11.3. The molecule has 15 heavy (non-hydrogen) atoms. The van der Waals surface area contributed by atoms with Gasteiger partial charge in [0, 0.05) is 13.2 Å². The van der Waals surface area contributed by atoms with Crippen LogP contribution in [0.1, 0.15) is 26.2 Å². The van der Waals surface area contributed by atoms with Crippen molar-refractivity contribution < 1.29 is 19.4 Å². The Labute approximate surface area is 89.0 Å². The molecule has 0 aromatic heterocycles. The minimum atomic E-state index is -0.917. The average Bonchev–Trinajstić information content (AvgIpc) is 2.25. The highest BCUT2D eigenvalue weighted by Crippen LogP contribution is 2.17. The summed E-state index contributed by atoms with van der Waals surface area (Å²) in [6.45, 7) is 2.79. The Morgan fingerprint density at radius 3 is 2.80 bits per heavy atom. The van der Waals surface area contributed by atoms with Gasteiger partial charge in [-0.3, -0.25) is 4.79 Å². The van der Waals surface area contributed by atoms with Crippen LogP contribution in [0.2, 0.25) is 0 Å². The third kappa shape index (κ3) is 3.20. The molecule has 0 radical (unpaired) electrons. The summed E-state index contributed by atoms with van der Waals surface area (Å²) < 4.78 is 4.99. The van der Waals surface area contributed by atoms with E-state index in [9.17, 15) is 9.59 Å². The Morgan fingerprint density at radius 1 is 1.47 bits per heavy atom. The summed E-state index contributed by atoms with van der Waals surface area (Å²) in [4.78, 5) is 23.9. The number of hydrogen-bond donors (Lipinski definition) is 1. The largest absolute Gasteiger partial charge is 0.480 e. The minimum absolute atomic E-state index is 0.0136. The molecule has 0 aliphatic carbocycles. The molecule has 0 aromatic carbocycles. The Hall–Kier alpha value is -1.10. The Bertz CT molecular complexity index is 242. The molecule has 0 unspecified atom stereocenters. The number of aliphatic carboxylic acids is 1. The lowest BCUT2D eigenvalue weighted by Gasteiger charge is -2.32. The van der Waals surface area contributed by atoms with Crippen LogP contribution in [0.4, 0.5) is 0 Å². The molecule has 0 bridgehead atoms. The van der Waals surface area contributed by atoms with E-state index in [-0.39, 0.29) is 12.5 Å². The van der Waals surface area contributed by atoms with Gasteiger partial charge < -0.3 is 14.7 Å². The molecule has 1 aliphatic heterocycles. The molecule has 0 aromatic rings. The number of nitrogens with zero attached hydrogens (tertiary/aromatic N) is 1. The number of hydrogen-bond acceptors (Lipinski definition) is 3. The van der Waals surface area contributed by atoms with Gasteiger partial charge in [0.1, 0.15) is 12.6 Å². The average molecular weight is 215 g/mol. The van der Waals surface area contributed by atoms with Gasteiger partial charge in [-0.1, -0.05) is 0 Å². The van der Waals surface area contributed by atoms with Gasteiger partial charge in [-0.05, 0) is 26.2 Å². The van der Waals surface area contributed by atoms with Gasteiger partial charge in [-0.25, -0.2) is 4.79 Å². The molecule has 5 nitrogen and oxygen atoms in total. The quantitative estimate of drug-likeness (QED) is 0.741. The van der Waals surface area contributed by atoms with E-state index in [0.717, 1.165) is 12.8 Å². The van der Waals surface area contributed by atoms with E-state index in [0.29, 0.717) is 19.6 Å². The predicted octanol–water partition coefficient (Wildman–Crippen LogP) is 0.489. The van der Waals surface area contributed by atoms with Gasteiger partial charge >= 0.3 is 5.97 Å². The molecule has 5 heteroatoms. The second-order valence-corrected chi connectivity index (χ2v) is 3.57. The van der Waals surface area contributed by atoms with E-state index >= 15 is 0 Å². The summed E-state index contributed by atoms with van der Waals surface area (Å²) in [6.07, 6.45) is 2.30. The van der Waals surface area contributed by atoms with Gasteiger partial charge in [0.2, 0.25) is 5.91 Å². The number of carboxylic acids is 1. The van der Waals surface area contributed by atoms with Crippen LogP contribution in [0, 0.1) is 0 Å². The maximum Gasteiger partial charge on any atom is 0.326 e. The third-order valence-electron chi connectivity index (χ3n) is 2.54. The van der Waals surface area contributed by atoms with E-state index < -0.39 is 12.0 Å². The van der Waals surface area contributed by atoms with Crippen LogP contribution in [0.15, 0.2) is 0 Å². The number of amides is 1. The van der Waals surface area contributed by atoms with Crippen LogP contribution >= 0.6 is 0 Å². The zero-order valence-electron chi connectivity index (χ0n) is 8.94. The fourth-order valence-corrected chi connectivity index (χ4v) is 1.76. The van der Waals surface area contributed by atoms with Gasteiger partial charge in [-0.15, -0.1) is 0 Å². The summed E-state index contributed by atoms with van der Waals surface area (Å²) in [5.41, 5.74) is 0. The SMILES string of the molecule is CCOCC(=O)N1CCCC[C@H]1C(=O)O. The normalized spacial score (nSPS) is 21.4. The molecule has 1 aliphatic rings. The van der Waals surface area contributed by atoms with Crippen molar-refractivity contribution in [3.63, 3.8) is 0 Å². The molecule has 1 atom stereocenters. The van der Waals surface area contributed by atoms with Gasteiger partial charge in [-0.2, -0.15) is 0 Å². The zero-order valence-corrected chi connectivity index (χ0v) is 8.94. The highest BCUT2D eigenvalue weighted by Gasteiger charge is 2.31. The highest BCUT2D eigenvalue weighted by atomic mass is 16.5. The van der Waals surface area contributed by atoms with Crippen molar-refractivity contribution >= 4 is 11.9 Å². The van der Waals surface area contributed by atoms with E-state index in [1.54, 1.807) is 6.92 Å². The number of likely N-dealkylation sites (tertiary alicyclic amines) is 1. The van der Waals surface area contributed by atoms with Gasteiger partial charge in [0.25, 0.3) is 0 Å². The van der Waals surface area contributed by atoms with E-state index in [1.807, 2.05) is 0 Å². The first kappa shape index (κ1) is 12.0. The van der Waals surface area contributed by atoms with Crippen molar-refractivity contribution in [1.82, 2.24) is 4.90 Å². The smallest absolute Gasteiger partial charge is 0.326 e. The lowest BCUT2D eigenvalue weighted by Crippen LogP contribution is -2.49. The molecule has 1 amide bonds. The van der Waals surface area contributed by atoms with Crippen molar-refractivity contribution in [1.29, 1.82) is 0 Å². The van der Waals surface area contributed by atoms with Gasteiger partial charge in [0.15, 0.2) is 0 Å². The molecule has 1 heterocycles. The van der Waals surface area contributed by atoms with Crippen LogP contribution in [0.25, 0.3) is 0 Å². The number of carbonyl (C=O) groups excluding carboxylic acids is 1. The first-order valence-electron chi connectivity index (χ1n) is 5.26. The number of ether oxygens (including phenoxy) is 1. The molecule has 0 spiro atoms. The van der Waals surface area contributed by atoms with Crippen LogP contribution in [-0.2, 0) is 14.3 Å². The monoisotopic (exact) mass is 215 g/mol.